The number of rotatable bonds is 8. The molecule has 0 saturated heterocycles. The highest BCUT2D eigenvalue weighted by atomic mass is 32.1. The standard InChI is InChI=1S/C19H28N4OS/c1-5-20-19(22-11-9-17-13-25-15(3)23-17)21-10-8-16-12-14(2)6-7-18(16)24-4/h6-7,12-13H,5,8-11H2,1-4H3,(H2,20,21,22). The van der Waals surface area contributed by atoms with Crippen LogP contribution in [0.3, 0.4) is 0 Å². The van der Waals surface area contributed by atoms with E-state index in [4.69, 9.17) is 4.74 Å². The fourth-order valence-electron chi connectivity index (χ4n) is 2.57. The first-order chi connectivity index (χ1) is 12.1. The molecule has 136 valence electrons. The number of aryl methyl sites for hydroxylation is 2. The molecule has 0 amide bonds. The van der Waals surface area contributed by atoms with Gasteiger partial charge in [-0.1, -0.05) is 17.7 Å². The van der Waals surface area contributed by atoms with Crippen molar-refractivity contribution in [3.05, 3.63) is 45.4 Å². The predicted octanol–water partition coefficient (Wildman–Crippen LogP) is 3.11. The van der Waals surface area contributed by atoms with Gasteiger partial charge in [-0.25, -0.2) is 4.98 Å². The first kappa shape index (κ1) is 19.2. The van der Waals surface area contributed by atoms with Gasteiger partial charge in [-0.2, -0.15) is 0 Å². The molecule has 0 unspecified atom stereocenters. The van der Waals surface area contributed by atoms with Gasteiger partial charge in [0.05, 0.1) is 17.8 Å². The molecule has 2 N–H and O–H groups in total. The summed E-state index contributed by atoms with van der Waals surface area (Å²) in [6, 6.07) is 6.27. The fourth-order valence-corrected chi connectivity index (χ4v) is 3.21. The molecule has 6 heteroatoms. The third-order valence-corrected chi connectivity index (χ3v) is 4.59. The molecule has 0 bridgehead atoms. The Balaban J connectivity index is 1.86. The monoisotopic (exact) mass is 360 g/mol. The van der Waals surface area contributed by atoms with E-state index < -0.39 is 0 Å². The number of methoxy groups -OCH3 is 1. The quantitative estimate of drug-likeness (QED) is 0.561. The first-order valence-corrected chi connectivity index (χ1v) is 9.57. The zero-order valence-corrected chi connectivity index (χ0v) is 16.4. The van der Waals surface area contributed by atoms with Crippen LogP contribution in [0, 0.1) is 13.8 Å². The van der Waals surface area contributed by atoms with E-state index in [1.165, 1.54) is 11.1 Å². The molecule has 5 nitrogen and oxygen atoms in total. The minimum absolute atomic E-state index is 0.728. The van der Waals surface area contributed by atoms with Crippen LogP contribution >= 0.6 is 11.3 Å². The molecule has 0 aliphatic heterocycles. The molecule has 1 aromatic heterocycles. The van der Waals surface area contributed by atoms with Crippen molar-refractivity contribution in [2.45, 2.75) is 33.6 Å². The van der Waals surface area contributed by atoms with Crippen molar-refractivity contribution in [1.29, 1.82) is 0 Å². The summed E-state index contributed by atoms with van der Waals surface area (Å²) in [5, 5.41) is 9.90. The summed E-state index contributed by atoms with van der Waals surface area (Å²) >= 11 is 1.69. The van der Waals surface area contributed by atoms with Crippen LogP contribution in [-0.4, -0.2) is 37.7 Å². The van der Waals surface area contributed by atoms with Crippen LogP contribution in [0.4, 0.5) is 0 Å². The van der Waals surface area contributed by atoms with Crippen molar-refractivity contribution in [3.63, 3.8) is 0 Å². The van der Waals surface area contributed by atoms with Crippen molar-refractivity contribution in [3.8, 4) is 5.75 Å². The lowest BCUT2D eigenvalue weighted by Gasteiger charge is -2.13. The molecule has 0 saturated carbocycles. The third-order valence-electron chi connectivity index (χ3n) is 3.77. The number of benzene rings is 1. The Kier molecular flexibility index (Phi) is 7.73. The number of aromatic nitrogens is 1. The van der Waals surface area contributed by atoms with Crippen LogP contribution in [-0.2, 0) is 12.8 Å². The molecule has 25 heavy (non-hydrogen) atoms. The SMILES string of the molecule is CCNC(=NCCc1csc(C)n1)NCCc1cc(C)ccc1OC. The summed E-state index contributed by atoms with van der Waals surface area (Å²) in [7, 11) is 1.72. The topological polar surface area (TPSA) is 58.5 Å². The zero-order valence-electron chi connectivity index (χ0n) is 15.6. The molecule has 2 rings (SSSR count). The van der Waals surface area contributed by atoms with E-state index in [1.54, 1.807) is 18.4 Å². The van der Waals surface area contributed by atoms with E-state index in [-0.39, 0.29) is 0 Å². The van der Waals surface area contributed by atoms with Gasteiger partial charge in [-0.05, 0) is 38.8 Å². The van der Waals surface area contributed by atoms with E-state index in [0.717, 1.165) is 54.9 Å². The number of nitrogens with zero attached hydrogens (tertiary/aromatic N) is 2. The first-order valence-electron chi connectivity index (χ1n) is 8.69. The van der Waals surface area contributed by atoms with Crippen molar-refractivity contribution >= 4 is 17.3 Å². The average Bonchev–Trinajstić information content (AvgIpc) is 3.00. The van der Waals surface area contributed by atoms with Crippen molar-refractivity contribution in [2.24, 2.45) is 4.99 Å². The summed E-state index contributed by atoms with van der Waals surface area (Å²) in [5.74, 6) is 1.79. The fraction of sp³-hybridized carbons (Fsp3) is 0.474. The van der Waals surface area contributed by atoms with Gasteiger partial charge in [0.25, 0.3) is 0 Å². The highest BCUT2D eigenvalue weighted by molar-refractivity contribution is 7.09. The lowest BCUT2D eigenvalue weighted by Crippen LogP contribution is -2.38. The van der Waals surface area contributed by atoms with Gasteiger partial charge in [0.15, 0.2) is 5.96 Å². The van der Waals surface area contributed by atoms with Crippen molar-refractivity contribution < 1.29 is 4.74 Å². The van der Waals surface area contributed by atoms with Crippen molar-refractivity contribution in [2.75, 3.05) is 26.7 Å². The van der Waals surface area contributed by atoms with Gasteiger partial charge < -0.3 is 15.4 Å². The van der Waals surface area contributed by atoms with Crippen LogP contribution in [0.1, 0.15) is 28.8 Å². The van der Waals surface area contributed by atoms with E-state index in [9.17, 15) is 0 Å². The number of thiazole rings is 1. The second kappa shape index (κ2) is 10.0. The van der Waals surface area contributed by atoms with Gasteiger partial charge >= 0.3 is 0 Å². The Bertz CT molecular complexity index is 696. The van der Waals surface area contributed by atoms with Gasteiger partial charge in [0.2, 0.25) is 0 Å². The number of aliphatic imine (C=N–C) groups is 1. The largest absolute Gasteiger partial charge is 0.496 e. The number of nitrogens with one attached hydrogen (secondary N) is 2. The van der Waals surface area contributed by atoms with Gasteiger partial charge in [-0.3, -0.25) is 4.99 Å². The highest BCUT2D eigenvalue weighted by Crippen LogP contribution is 2.19. The summed E-state index contributed by atoms with van der Waals surface area (Å²) in [6.07, 6.45) is 1.76. The summed E-state index contributed by atoms with van der Waals surface area (Å²) < 4.78 is 5.44. The molecular weight excluding hydrogens is 332 g/mol. The molecule has 0 spiro atoms. The van der Waals surface area contributed by atoms with E-state index in [0.29, 0.717) is 0 Å². The number of guanidine groups is 1. The summed E-state index contributed by atoms with van der Waals surface area (Å²) in [5.41, 5.74) is 3.57. The Morgan fingerprint density at radius 2 is 2.08 bits per heavy atom. The molecule has 2 aromatic rings. The number of hydrogen-bond acceptors (Lipinski definition) is 4. The van der Waals surface area contributed by atoms with E-state index in [1.807, 2.05) is 13.0 Å². The normalized spacial score (nSPS) is 11.4. The minimum Gasteiger partial charge on any atom is -0.496 e. The maximum atomic E-state index is 5.44. The average molecular weight is 361 g/mol. The van der Waals surface area contributed by atoms with Gasteiger partial charge in [0, 0.05) is 31.4 Å². The molecule has 0 fully saturated rings. The lowest BCUT2D eigenvalue weighted by atomic mass is 10.1. The third kappa shape index (κ3) is 6.38. The maximum Gasteiger partial charge on any atom is 0.191 e. The predicted molar refractivity (Wildman–Crippen MR) is 106 cm³/mol. The Morgan fingerprint density at radius 3 is 2.76 bits per heavy atom. The molecule has 1 aromatic carbocycles. The number of hydrogen-bond donors (Lipinski definition) is 2. The number of ether oxygens (including phenoxy) is 1. The van der Waals surface area contributed by atoms with Gasteiger partial charge in [0.1, 0.15) is 5.75 Å². The van der Waals surface area contributed by atoms with E-state index in [2.05, 4.69) is 52.0 Å². The lowest BCUT2D eigenvalue weighted by molar-refractivity contribution is 0.409. The van der Waals surface area contributed by atoms with Crippen molar-refractivity contribution in [1.82, 2.24) is 15.6 Å². The second-order valence-corrected chi connectivity index (χ2v) is 6.92. The van der Waals surface area contributed by atoms with Crippen LogP contribution in [0.2, 0.25) is 0 Å². The minimum atomic E-state index is 0.728. The second-order valence-electron chi connectivity index (χ2n) is 5.86. The molecular formula is C19H28N4OS. The smallest absolute Gasteiger partial charge is 0.191 e. The van der Waals surface area contributed by atoms with Crippen LogP contribution < -0.4 is 15.4 Å². The highest BCUT2D eigenvalue weighted by Gasteiger charge is 2.04. The Labute approximate surface area is 154 Å². The molecule has 0 aliphatic rings. The summed E-state index contributed by atoms with van der Waals surface area (Å²) in [6.45, 7) is 8.58. The van der Waals surface area contributed by atoms with E-state index >= 15 is 0 Å². The summed E-state index contributed by atoms with van der Waals surface area (Å²) in [4.78, 5) is 9.11. The zero-order chi connectivity index (χ0) is 18.1. The van der Waals surface area contributed by atoms with Gasteiger partial charge in [-0.15, -0.1) is 11.3 Å². The molecule has 1 heterocycles. The maximum absolute atomic E-state index is 5.44. The Hall–Kier alpha value is -2.08. The molecule has 0 radical (unpaired) electrons. The Morgan fingerprint density at radius 1 is 1.24 bits per heavy atom. The van der Waals surface area contributed by atoms with Crippen LogP contribution in [0.5, 0.6) is 5.75 Å². The molecule has 0 aliphatic carbocycles. The van der Waals surface area contributed by atoms with Crippen LogP contribution in [0.15, 0.2) is 28.6 Å². The molecule has 0 atom stereocenters. The van der Waals surface area contributed by atoms with Crippen LogP contribution in [0.25, 0.3) is 0 Å².